The Morgan fingerprint density at radius 1 is 1.56 bits per heavy atom. The van der Waals surface area contributed by atoms with Crippen molar-refractivity contribution >= 4 is 12.0 Å². The van der Waals surface area contributed by atoms with E-state index in [9.17, 15) is 9.59 Å². The van der Waals surface area contributed by atoms with Gasteiger partial charge in [0, 0.05) is 38.9 Å². The number of carboxylic acid groups (broad SMARTS) is 1. The fourth-order valence-corrected chi connectivity index (χ4v) is 1.93. The first-order valence-corrected chi connectivity index (χ1v) is 5.67. The average Bonchev–Trinajstić information content (AvgIpc) is 2.60. The molecule has 7 nitrogen and oxygen atoms in total. The molecule has 2 amide bonds. The lowest BCUT2D eigenvalue weighted by molar-refractivity contribution is -0.146. The highest BCUT2D eigenvalue weighted by atomic mass is 16.4. The molecule has 0 radical (unpaired) electrons. The molecule has 1 N–H and O–H groups in total. The van der Waals surface area contributed by atoms with Crippen LogP contribution in [0.3, 0.4) is 0 Å². The number of hydrogen-bond donors (Lipinski definition) is 1. The molecule has 1 aliphatic heterocycles. The zero-order valence-corrected chi connectivity index (χ0v) is 10.4. The summed E-state index contributed by atoms with van der Waals surface area (Å²) in [7, 11) is 3.52. The molecule has 0 saturated carbocycles. The summed E-state index contributed by atoms with van der Waals surface area (Å²) in [5.41, 5.74) is 0.948. The van der Waals surface area contributed by atoms with Crippen LogP contribution < -0.4 is 0 Å². The number of carbonyl (C=O) groups is 2. The molecule has 1 aromatic rings. The minimum Gasteiger partial charge on any atom is -0.481 e. The third-order valence-corrected chi connectivity index (χ3v) is 3.01. The van der Waals surface area contributed by atoms with E-state index in [1.807, 2.05) is 13.2 Å². The molecule has 18 heavy (non-hydrogen) atoms. The molecule has 0 aromatic carbocycles. The number of hydrogen-bond acceptors (Lipinski definition) is 3. The SMILES string of the molecule is CN(Cc1cnn(C)c1)C(=O)N1CC(C(=O)O)C1. The Kier molecular flexibility index (Phi) is 3.22. The third-order valence-electron chi connectivity index (χ3n) is 3.01. The van der Waals surface area contributed by atoms with Crippen molar-refractivity contribution in [3.8, 4) is 0 Å². The molecule has 2 heterocycles. The smallest absolute Gasteiger partial charge is 0.320 e. The van der Waals surface area contributed by atoms with Gasteiger partial charge in [0.15, 0.2) is 0 Å². The first-order chi connectivity index (χ1) is 8.47. The molecular weight excluding hydrogens is 236 g/mol. The number of amides is 2. The van der Waals surface area contributed by atoms with E-state index in [1.54, 1.807) is 22.8 Å². The first-order valence-electron chi connectivity index (χ1n) is 5.67. The number of urea groups is 1. The van der Waals surface area contributed by atoms with Crippen LogP contribution in [0, 0.1) is 5.92 Å². The van der Waals surface area contributed by atoms with Crippen molar-refractivity contribution < 1.29 is 14.7 Å². The van der Waals surface area contributed by atoms with E-state index in [-0.39, 0.29) is 6.03 Å². The summed E-state index contributed by atoms with van der Waals surface area (Å²) in [5, 5.41) is 12.8. The van der Waals surface area contributed by atoms with Gasteiger partial charge in [0.1, 0.15) is 0 Å². The van der Waals surface area contributed by atoms with Gasteiger partial charge in [-0.25, -0.2) is 4.79 Å². The number of nitrogens with zero attached hydrogens (tertiary/aromatic N) is 4. The summed E-state index contributed by atoms with van der Waals surface area (Å²) in [6.45, 7) is 1.07. The molecule has 0 atom stereocenters. The Labute approximate surface area is 105 Å². The molecule has 1 saturated heterocycles. The lowest BCUT2D eigenvalue weighted by atomic mass is 10.0. The maximum Gasteiger partial charge on any atom is 0.320 e. The second-order valence-electron chi connectivity index (χ2n) is 4.60. The van der Waals surface area contributed by atoms with Crippen LogP contribution in [0.15, 0.2) is 12.4 Å². The maximum atomic E-state index is 11.9. The van der Waals surface area contributed by atoms with E-state index >= 15 is 0 Å². The van der Waals surface area contributed by atoms with Gasteiger partial charge in [0.25, 0.3) is 0 Å². The topological polar surface area (TPSA) is 78.7 Å². The summed E-state index contributed by atoms with van der Waals surface area (Å²) in [4.78, 5) is 25.7. The lowest BCUT2D eigenvalue weighted by Gasteiger charge is -2.38. The molecule has 0 aliphatic carbocycles. The molecule has 1 aliphatic rings. The van der Waals surface area contributed by atoms with Crippen molar-refractivity contribution in [2.75, 3.05) is 20.1 Å². The number of carbonyl (C=O) groups excluding carboxylic acids is 1. The molecule has 1 fully saturated rings. The van der Waals surface area contributed by atoms with Gasteiger partial charge < -0.3 is 14.9 Å². The van der Waals surface area contributed by atoms with Gasteiger partial charge in [-0.2, -0.15) is 5.10 Å². The highest BCUT2D eigenvalue weighted by molar-refractivity contribution is 5.79. The van der Waals surface area contributed by atoms with E-state index in [4.69, 9.17) is 5.11 Å². The zero-order valence-electron chi connectivity index (χ0n) is 10.4. The van der Waals surface area contributed by atoms with Crippen LogP contribution >= 0.6 is 0 Å². The number of rotatable bonds is 3. The van der Waals surface area contributed by atoms with Gasteiger partial charge in [-0.3, -0.25) is 9.48 Å². The third kappa shape index (κ3) is 2.44. The first kappa shape index (κ1) is 12.4. The second-order valence-corrected chi connectivity index (χ2v) is 4.60. The number of aliphatic carboxylic acids is 1. The molecule has 98 valence electrons. The van der Waals surface area contributed by atoms with Crippen molar-refractivity contribution in [2.45, 2.75) is 6.54 Å². The van der Waals surface area contributed by atoms with Gasteiger partial charge in [0.05, 0.1) is 18.7 Å². The Bertz CT molecular complexity index is 465. The van der Waals surface area contributed by atoms with Gasteiger partial charge in [-0.1, -0.05) is 0 Å². The van der Waals surface area contributed by atoms with Crippen molar-refractivity contribution in [1.29, 1.82) is 0 Å². The summed E-state index contributed by atoms with van der Waals surface area (Å²) < 4.78 is 1.68. The van der Waals surface area contributed by atoms with Crippen LogP contribution in [-0.2, 0) is 18.4 Å². The number of likely N-dealkylation sites (tertiary alicyclic amines) is 1. The van der Waals surface area contributed by atoms with Crippen molar-refractivity contribution in [3.05, 3.63) is 18.0 Å². The molecule has 0 spiro atoms. The Morgan fingerprint density at radius 3 is 2.72 bits per heavy atom. The normalized spacial score (nSPS) is 15.3. The maximum absolute atomic E-state index is 11.9. The Morgan fingerprint density at radius 2 is 2.22 bits per heavy atom. The molecule has 1 aromatic heterocycles. The average molecular weight is 252 g/mol. The standard InChI is InChI=1S/C11H16N4O3/c1-13(4-8-3-12-14(2)5-8)11(18)15-6-9(7-15)10(16)17/h3,5,9H,4,6-7H2,1-2H3,(H,16,17). The second kappa shape index (κ2) is 4.67. The molecule has 7 heteroatoms. The van der Waals surface area contributed by atoms with Crippen molar-refractivity contribution in [2.24, 2.45) is 13.0 Å². The number of aryl methyl sites for hydroxylation is 1. The molecule has 2 rings (SSSR count). The fourth-order valence-electron chi connectivity index (χ4n) is 1.93. The van der Waals surface area contributed by atoms with E-state index < -0.39 is 11.9 Å². The number of aromatic nitrogens is 2. The van der Waals surface area contributed by atoms with E-state index in [0.29, 0.717) is 19.6 Å². The summed E-state index contributed by atoms with van der Waals surface area (Å²) in [6.07, 6.45) is 3.56. The Hall–Kier alpha value is -2.05. The van der Waals surface area contributed by atoms with Gasteiger partial charge in [-0.15, -0.1) is 0 Å². The quantitative estimate of drug-likeness (QED) is 0.820. The summed E-state index contributed by atoms with van der Waals surface area (Å²) >= 11 is 0. The van der Waals surface area contributed by atoms with Gasteiger partial charge in [-0.05, 0) is 0 Å². The largest absolute Gasteiger partial charge is 0.481 e. The van der Waals surface area contributed by atoms with E-state index in [1.165, 1.54) is 4.90 Å². The fraction of sp³-hybridized carbons (Fsp3) is 0.545. The van der Waals surface area contributed by atoms with Crippen LogP contribution in [0.2, 0.25) is 0 Å². The zero-order chi connectivity index (χ0) is 13.3. The highest BCUT2D eigenvalue weighted by Gasteiger charge is 2.36. The van der Waals surface area contributed by atoms with Crippen molar-refractivity contribution in [1.82, 2.24) is 19.6 Å². The summed E-state index contributed by atoms with van der Waals surface area (Å²) in [5.74, 6) is -1.25. The van der Waals surface area contributed by atoms with Crippen LogP contribution in [-0.4, -0.2) is 56.8 Å². The van der Waals surface area contributed by atoms with Crippen LogP contribution in [0.1, 0.15) is 5.56 Å². The van der Waals surface area contributed by atoms with E-state index in [0.717, 1.165) is 5.56 Å². The van der Waals surface area contributed by atoms with Crippen molar-refractivity contribution in [3.63, 3.8) is 0 Å². The van der Waals surface area contributed by atoms with Crippen LogP contribution in [0.4, 0.5) is 4.79 Å². The van der Waals surface area contributed by atoms with Gasteiger partial charge >= 0.3 is 12.0 Å². The molecular formula is C11H16N4O3. The minimum absolute atomic E-state index is 0.142. The van der Waals surface area contributed by atoms with E-state index in [2.05, 4.69) is 5.10 Å². The lowest BCUT2D eigenvalue weighted by Crippen LogP contribution is -2.56. The monoisotopic (exact) mass is 252 g/mol. The molecule has 0 bridgehead atoms. The van der Waals surface area contributed by atoms with Gasteiger partial charge in [0.2, 0.25) is 0 Å². The summed E-state index contributed by atoms with van der Waals surface area (Å²) in [6, 6.07) is -0.142. The highest BCUT2D eigenvalue weighted by Crippen LogP contribution is 2.17. The van der Waals surface area contributed by atoms with Crippen LogP contribution in [0.25, 0.3) is 0 Å². The van der Waals surface area contributed by atoms with Crippen LogP contribution in [0.5, 0.6) is 0 Å². The molecule has 0 unspecified atom stereocenters. The predicted molar refractivity (Wildman–Crippen MR) is 62.8 cm³/mol. The Balaban J connectivity index is 1.85. The number of carboxylic acids is 1. The predicted octanol–water partition coefficient (Wildman–Crippen LogP) is -0.0117. The minimum atomic E-state index is -0.839.